The maximum absolute atomic E-state index is 13.5. The molecule has 0 bridgehead atoms. The lowest BCUT2D eigenvalue weighted by Crippen LogP contribution is -2.35. The van der Waals surface area contributed by atoms with E-state index < -0.39 is 11.7 Å². The van der Waals surface area contributed by atoms with Crippen LogP contribution in [0.15, 0.2) is 48.5 Å². The number of benzene rings is 2. The second kappa shape index (κ2) is 10.7. The Bertz CT molecular complexity index is 1130. The quantitative estimate of drug-likeness (QED) is 0.386. The molecule has 182 valence electrons. The van der Waals surface area contributed by atoms with E-state index in [1.807, 2.05) is 45.0 Å². The van der Waals surface area contributed by atoms with E-state index >= 15 is 0 Å². The van der Waals surface area contributed by atoms with E-state index in [0.717, 1.165) is 28.5 Å². The van der Waals surface area contributed by atoms with Crippen LogP contribution in [0.2, 0.25) is 0 Å². The smallest absolute Gasteiger partial charge is 0.407 e. The number of carbonyl (C=O) groups is 2. The number of H-pyrrole nitrogens is 1. The van der Waals surface area contributed by atoms with E-state index in [-0.39, 0.29) is 23.6 Å². The van der Waals surface area contributed by atoms with Crippen molar-refractivity contribution in [1.29, 1.82) is 0 Å². The second-order valence-electron chi connectivity index (χ2n) is 9.97. The molecule has 0 radical (unpaired) electrons. The van der Waals surface area contributed by atoms with Crippen LogP contribution >= 0.6 is 0 Å². The number of fused-ring (bicyclic) bond motifs is 1. The van der Waals surface area contributed by atoms with E-state index in [4.69, 9.17) is 4.74 Å². The number of nitrogens with one attached hydrogen (secondary N) is 3. The molecule has 0 aliphatic heterocycles. The Kier molecular flexibility index (Phi) is 7.97. The van der Waals surface area contributed by atoms with Crippen molar-refractivity contribution in [2.24, 2.45) is 11.8 Å². The Hall–Kier alpha value is -3.35. The molecule has 0 spiro atoms. The Morgan fingerprint density at radius 1 is 0.971 bits per heavy atom. The van der Waals surface area contributed by atoms with Crippen molar-refractivity contribution >= 4 is 22.9 Å². The monoisotopic (exact) mass is 467 g/mol. The van der Waals surface area contributed by atoms with Gasteiger partial charge in [-0.25, -0.2) is 9.18 Å². The summed E-state index contributed by atoms with van der Waals surface area (Å²) in [5.74, 6) is -0.0964. The number of hydrogen-bond acceptors (Lipinski definition) is 3. The summed E-state index contributed by atoms with van der Waals surface area (Å²) in [6, 6.07) is 13.8. The van der Waals surface area contributed by atoms with Gasteiger partial charge in [-0.1, -0.05) is 44.2 Å². The van der Waals surface area contributed by atoms with Gasteiger partial charge in [0, 0.05) is 29.6 Å². The minimum atomic E-state index is -0.528. The number of amides is 2. The summed E-state index contributed by atoms with van der Waals surface area (Å²) < 4.78 is 18.7. The number of aromatic nitrogens is 1. The molecule has 0 saturated carbocycles. The van der Waals surface area contributed by atoms with Crippen molar-refractivity contribution < 1.29 is 18.7 Å². The minimum Gasteiger partial charge on any atom is -0.444 e. The first kappa shape index (κ1) is 25.3. The third-order valence-electron chi connectivity index (χ3n) is 5.48. The van der Waals surface area contributed by atoms with E-state index in [1.165, 1.54) is 12.1 Å². The van der Waals surface area contributed by atoms with Crippen molar-refractivity contribution in [1.82, 2.24) is 15.6 Å². The molecule has 2 atom stereocenters. The van der Waals surface area contributed by atoms with Crippen LogP contribution in [0.1, 0.15) is 51.5 Å². The number of aromatic amines is 1. The molecule has 1 aromatic heterocycles. The minimum absolute atomic E-state index is 0.207. The van der Waals surface area contributed by atoms with E-state index in [1.54, 1.807) is 12.1 Å². The number of hydrogen-bond donors (Lipinski definition) is 3. The van der Waals surface area contributed by atoms with Gasteiger partial charge in [0.1, 0.15) is 17.1 Å². The Morgan fingerprint density at radius 2 is 1.59 bits per heavy atom. The molecule has 34 heavy (non-hydrogen) atoms. The van der Waals surface area contributed by atoms with Gasteiger partial charge in [0.25, 0.3) is 5.91 Å². The van der Waals surface area contributed by atoms with Gasteiger partial charge in [0.05, 0.1) is 0 Å². The third-order valence-corrected chi connectivity index (χ3v) is 5.48. The van der Waals surface area contributed by atoms with Crippen molar-refractivity contribution in [3.8, 4) is 11.1 Å². The van der Waals surface area contributed by atoms with E-state index in [9.17, 15) is 14.0 Å². The zero-order chi connectivity index (χ0) is 24.9. The van der Waals surface area contributed by atoms with E-state index in [0.29, 0.717) is 18.8 Å². The van der Waals surface area contributed by atoms with Crippen LogP contribution in [-0.4, -0.2) is 35.7 Å². The maximum Gasteiger partial charge on any atom is 0.407 e. The number of carbonyl (C=O) groups excluding carboxylic acids is 2. The summed E-state index contributed by atoms with van der Waals surface area (Å²) >= 11 is 0. The van der Waals surface area contributed by atoms with Crippen LogP contribution in [0.3, 0.4) is 0 Å². The first-order valence-corrected chi connectivity index (χ1v) is 11.6. The number of alkyl carbamates (subject to hydrolysis) is 1. The fourth-order valence-corrected chi connectivity index (χ4v) is 4.01. The van der Waals surface area contributed by atoms with Crippen molar-refractivity contribution in [3.05, 3.63) is 60.0 Å². The summed E-state index contributed by atoms with van der Waals surface area (Å²) in [5.41, 5.74) is 2.32. The van der Waals surface area contributed by atoms with Gasteiger partial charge >= 0.3 is 6.09 Å². The van der Waals surface area contributed by atoms with Crippen molar-refractivity contribution in [3.63, 3.8) is 0 Å². The van der Waals surface area contributed by atoms with Crippen LogP contribution in [0.25, 0.3) is 22.0 Å². The lowest BCUT2D eigenvalue weighted by molar-refractivity contribution is 0.0518. The van der Waals surface area contributed by atoms with Crippen LogP contribution in [0.5, 0.6) is 0 Å². The molecule has 6 nitrogen and oxygen atoms in total. The molecular weight excluding hydrogens is 433 g/mol. The molecule has 0 aliphatic carbocycles. The largest absolute Gasteiger partial charge is 0.444 e. The molecule has 2 aromatic carbocycles. The molecule has 2 amide bonds. The van der Waals surface area contributed by atoms with Gasteiger partial charge in [-0.05, 0) is 62.8 Å². The summed E-state index contributed by atoms with van der Waals surface area (Å²) in [4.78, 5) is 28.2. The standard InChI is InChI=1S/C27H34FN3O3/c1-17(14-18(2)16-30-26(33)34-27(3,4)5)15-29-25(32)24-23(19-10-12-20(28)13-11-19)21-8-6-7-9-22(21)31-24/h6-13,17-18,31H,14-16H2,1-5H3,(H,29,32)(H,30,33)/t17-,18?/m0/s1. The van der Waals surface area contributed by atoms with Gasteiger partial charge < -0.3 is 20.4 Å². The summed E-state index contributed by atoms with van der Waals surface area (Å²) in [6.45, 7) is 10.6. The zero-order valence-corrected chi connectivity index (χ0v) is 20.5. The SMILES string of the molecule is CC(CNC(=O)OC(C)(C)C)C[C@H](C)CNC(=O)c1[nH]c2ccccc2c1-c1ccc(F)cc1. The third kappa shape index (κ3) is 6.83. The average molecular weight is 468 g/mol. The molecular formula is C27H34FN3O3. The topological polar surface area (TPSA) is 83.2 Å². The summed E-state index contributed by atoms with van der Waals surface area (Å²) in [6.07, 6.45) is 0.403. The van der Waals surface area contributed by atoms with Crippen LogP contribution in [-0.2, 0) is 4.74 Å². The lowest BCUT2D eigenvalue weighted by Gasteiger charge is -2.22. The molecule has 3 aromatic rings. The molecule has 0 saturated heterocycles. The van der Waals surface area contributed by atoms with E-state index in [2.05, 4.69) is 29.5 Å². The average Bonchev–Trinajstić information content (AvgIpc) is 3.15. The lowest BCUT2D eigenvalue weighted by atomic mass is 9.97. The van der Waals surface area contributed by atoms with Gasteiger partial charge in [0.2, 0.25) is 0 Å². The highest BCUT2D eigenvalue weighted by Gasteiger charge is 2.21. The second-order valence-corrected chi connectivity index (χ2v) is 9.97. The molecule has 0 fully saturated rings. The number of ether oxygens (including phenoxy) is 1. The highest BCUT2D eigenvalue weighted by atomic mass is 19.1. The fraction of sp³-hybridized carbons (Fsp3) is 0.407. The Balaban J connectivity index is 1.61. The molecule has 3 rings (SSSR count). The number of rotatable bonds is 8. The van der Waals surface area contributed by atoms with Gasteiger partial charge in [-0.3, -0.25) is 4.79 Å². The normalized spacial score (nSPS) is 13.4. The Labute approximate surface area is 200 Å². The first-order valence-electron chi connectivity index (χ1n) is 11.6. The number of halogens is 1. The van der Waals surface area contributed by atoms with Crippen molar-refractivity contribution in [2.75, 3.05) is 13.1 Å². The maximum atomic E-state index is 13.5. The van der Waals surface area contributed by atoms with Gasteiger partial charge in [-0.2, -0.15) is 0 Å². The summed E-state index contributed by atoms with van der Waals surface area (Å²) in [5, 5.41) is 6.74. The predicted molar refractivity (Wildman–Crippen MR) is 133 cm³/mol. The Morgan fingerprint density at radius 3 is 2.24 bits per heavy atom. The zero-order valence-electron chi connectivity index (χ0n) is 20.5. The van der Waals surface area contributed by atoms with Crippen LogP contribution < -0.4 is 10.6 Å². The molecule has 3 N–H and O–H groups in total. The molecule has 0 aliphatic rings. The van der Waals surface area contributed by atoms with Gasteiger partial charge in [-0.15, -0.1) is 0 Å². The fourth-order valence-electron chi connectivity index (χ4n) is 4.01. The molecule has 7 heteroatoms. The van der Waals surface area contributed by atoms with Gasteiger partial charge in [0.15, 0.2) is 0 Å². The highest BCUT2D eigenvalue weighted by Crippen LogP contribution is 2.32. The van der Waals surface area contributed by atoms with Crippen molar-refractivity contribution in [2.45, 2.75) is 46.6 Å². The molecule has 1 heterocycles. The highest BCUT2D eigenvalue weighted by molar-refractivity contribution is 6.09. The molecule has 1 unspecified atom stereocenters. The summed E-state index contributed by atoms with van der Waals surface area (Å²) in [7, 11) is 0. The first-order chi connectivity index (χ1) is 16.0. The van der Waals surface area contributed by atoms with Crippen LogP contribution in [0, 0.1) is 17.7 Å². The van der Waals surface area contributed by atoms with Crippen LogP contribution in [0.4, 0.5) is 9.18 Å². The predicted octanol–water partition coefficient (Wildman–Crippen LogP) is 5.89. The number of para-hydroxylation sites is 1.